The van der Waals surface area contributed by atoms with Crippen molar-refractivity contribution in [3.05, 3.63) is 83.0 Å². The SMILES string of the molecule is CN(c1ccc(OCc2coc(-c3cccs3)n2)cc1)S(=O)(=O)c1ccc(Cl)cc1. The van der Waals surface area contributed by atoms with E-state index in [1.807, 2.05) is 17.5 Å². The second kappa shape index (κ2) is 8.51. The van der Waals surface area contributed by atoms with Crippen LogP contribution >= 0.6 is 22.9 Å². The molecule has 2 aromatic heterocycles. The summed E-state index contributed by atoms with van der Waals surface area (Å²) in [5.41, 5.74) is 1.18. The lowest BCUT2D eigenvalue weighted by Gasteiger charge is -2.20. The van der Waals surface area contributed by atoms with Crippen LogP contribution in [-0.2, 0) is 16.6 Å². The maximum atomic E-state index is 12.8. The van der Waals surface area contributed by atoms with E-state index in [9.17, 15) is 8.42 Å². The summed E-state index contributed by atoms with van der Waals surface area (Å²) in [5, 5.41) is 2.44. The van der Waals surface area contributed by atoms with Gasteiger partial charge in [0.05, 0.1) is 15.5 Å². The molecular formula is C21H17ClN2O4S2. The quantitative estimate of drug-likeness (QED) is 0.366. The molecule has 2 aromatic carbocycles. The number of benzene rings is 2. The van der Waals surface area contributed by atoms with Gasteiger partial charge in [-0.15, -0.1) is 11.3 Å². The fourth-order valence-electron chi connectivity index (χ4n) is 2.70. The van der Waals surface area contributed by atoms with Crippen LogP contribution in [0.3, 0.4) is 0 Å². The van der Waals surface area contributed by atoms with E-state index in [4.69, 9.17) is 20.8 Å². The molecule has 0 amide bonds. The molecule has 0 bridgehead atoms. The molecule has 0 spiro atoms. The van der Waals surface area contributed by atoms with Crippen molar-refractivity contribution in [2.24, 2.45) is 0 Å². The molecule has 0 saturated carbocycles. The average molecular weight is 461 g/mol. The van der Waals surface area contributed by atoms with Gasteiger partial charge in [-0.3, -0.25) is 4.31 Å². The largest absolute Gasteiger partial charge is 0.487 e. The van der Waals surface area contributed by atoms with Crippen LogP contribution in [0, 0.1) is 0 Å². The number of halogens is 1. The molecule has 0 N–H and O–H groups in total. The van der Waals surface area contributed by atoms with Gasteiger partial charge >= 0.3 is 0 Å². The summed E-state index contributed by atoms with van der Waals surface area (Å²) in [5.74, 6) is 1.16. The van der Waals surface area contributed by atoms with E-state index in [-0.39, 0.29) is 11.5 Å². The molecule has 0 fully saturated rings. The number of oxazole rings is 1. The van der Waals surface area contributed by atoms with E-state index < -0.39 is 10.0 Å². The fraction of sp³-hybridized carbons (Fsp3) is 0.0952. The van der Waals surface area contributed by atoms with E-state index in [2.05, 4.69) is 4.98 Å². The predicted octanol–water partition coefficient (Wildman–Crippen LogP) is 5.46. The molecule has 9 heteroatoms. The van der Waals surface area contributed by atoms with Gasteiger partial charge in [0.1, 0.15) is 24.3 Å². The lowest BCUT2D eigenvalue weighted by Crippen LogP contribution is -2.26. The third-order valence-corrected chi connectivity index (χ3v) is 7.25. The average Bonchev–Trinajstić information content (AvgIpc) is 3.44. The maximum Gasteiger partial charge on any atom is 0.264 e. The maximum absolute atomic E-state index is 12.8. The fourth-order valence-corrected chi connectivity index (χ4v) is 4.68. The van der Waals surface area contributed by atoms with E-state index in [0.29, 0.717) is 28.0 Å². The molecule has 0 aliphatic carbocycles. The first-order chi connectivity index (χ1) is 14.4. The van der Waals surface area contributed by atoms with Crippen LogP contribution in [0.25, 0.3) is 10.8 Å². The van der Waals surface area contributed by atoms with Crippen molar-refractivity contribution < 1.29 is 17.6 Å². The topological polar surface area (TPSA) is 72.6 Å². The number of rotatable bonds is 7. The molecule has 0 unspecified atom stereocenters. The number of anilines is 1. The number of aromatic nitrogens is 1. The van der Waals surface area contributed by atoms with E-state index in [1.54, 1.807) is 54.0 Å². The van der Waals surface area contributed by atoms with Gasteiger partial charge in [0.25, 0.3) is 10.0 Å². The minimum atomic E-state index is -3.68. The van der Waals surface area contributed by atoms with Gasteiger partial charge in [-0.2, -0.15) is 0 Å². The summed E-state index contributed by atoms with van der Waals surface area (Å²) in [6.45, 7) is 0.243. The standard InChI is InChI=1S/C21H17ClN2O4S2/c1-24(30(25,26)19-10-4-15(22)5-11-19)17-6-8-18(9-7-17)27-13-16-14-28-21(23-16)20-3-2-12-29-20/h2-12,14H,13H2,1H3. The number of thiophene rings is 1. The monoisotopic (exact) mass is 460 g/mol. The zero-order valence-corrected chi connectivity index (χ0v) is 18.2. The normalized spacial score (nSPS) is 11.4. The van der Waals surface area contributed by atoms with Gasteiger partial charge in [-0.1, -0.05) is 17.7 Å². The number of hydrogen-bond acceptors (Lipinski definition) is 6. The molecule has 4 aromatic rings. The Morgan fingerprint density at radius 3 is 2.50 bits per heavy atom. The molecule has 6 nitrogen and oxygen atoms in total. The highest BCUT2D eigenvalue weighted by atomic mass is 35.5. The highest BCUT2D eigenvalue weighted by Gasteiger charge is 2.21. The Morgan fingerprint density at radius 1 is 1.10 bits per heavy atom. The third-order valence-electron chi connectivity index (χ3n) is 4.34. The number of sulfonamides is 1. The Balaban J connectivity index is 1.42. The third kappa shape index (κ3) is 4.35. The highest BCUT2D eigenvalue weighted by molar-refractivity contribution is 7.92. The van der Waals surface area contributed by atoms with Crippen molar-refractivity contribution in [2.45, 2.75) is 11.5 Å². The Hall–Kier alpha value is -2.81. The molecule has 0 atom stereocenters. The van der Waals surface area contributed by atoms with Crippen LogP contribution < -0.4 is 9.04 Å². The Labute approximate surface area is 183 Å². The molecule has 2 heterocycles. The summed E-state index contributed by atoms with van der Waals surface area (Å²) < 4.78 is 38.0. The van der Waals surface area contributed by atoms with Crippen molar-refractivity contribution in [3.63, 3.8) is 0 Å². The first kappa shape index (κ1) is 20.5. The van der Waals surface area contributed by atoms with E-state index in [1.165, 1.54) is 23.5 Å². The molecule has 154 valence electrons. The molecule has 4 rings (SSSR count). The van der Waals surface area contributed by atoms with Gasteiger partial charge in [-0.05, 0) is 60.0 Å². The van der Waals surface area contributed by atoms with Gasteiger partial charge < -0.3 is 9.15 Å². The van der Waals surface area contributed by atoms with Crippen molar-refractivity contribution in [1.82, 2.24) is 4.98 Å². The first-order valence-corrected chi connectivity index (χ1v) is 11.6. The number of ether oxygens (including phenoxy) is 1. The molecule has 0 aliphatic rings. The number of nitrogens with zero attached hydrogens (tertiary/aromatic N) is 2. The molecular weight excluding hydrogens is 444 g/mol. The van der Waals surface area contributed by atoms with Crippen molar-refractivity contribution in [2.75, 3.05) is 11.4 Å². The minimum Gasteiger partial charge on any atom is -0.487 e. The van der Waals surface area contributed by atoms with Crippen LogP contribution in [0.5, 0.6) is 5.75 Å². The second-order valence-electron chi connectivity index (χ2n) is 6.33. The molecule has 0 aliphatic heterocycles. The highest BCUT2D eigenvalue weighted by Crippen LogP contribution is 2.26. The Morgan fingerprint density at radius 2 is 1.83 bits per heavy atom. The lowest BCUT2D eigenvalue weighted by molar-refractivity contribution is 0.301. The van der Waals surface area contributed by atoms with Gasteiger partial charge in [-0.25, -0.2) is 13.4 Å². The smallest absolute Gasteiger partial charge is 0.264 e. The van der Waals surface area contributed by atoms with Gasteiger partial charge in [0.2, 0.25) is 5.89 Å². The lowest BCUT2D eigenvalue weighted by atomic mass is 10.3. The number of hydrogen-bond donors (Lipinski definition) is 0. The zero-order valence-electron chi connectivity index (χ0n) is 15.9. The first-order valence-electron chi connectivity index (χ1n) is 8.89. The minimum absolute atomic E-state index is 0.169. The summed E-state index contributed by atoms with van der Waals surface area (Å²) in [6.07, 6.45) is 1.57. The van der Waals surface area contributed by atoms with Gasteiger partial charge in [0, 0.05) is 12.1 Å². The van der Waals surface area contributed by atoms with Crippen LogP contribution in [0.15, 0.2) is 81.6 Å². The van der Waals surface area contributed by atoms with Crippen LogP contribution in [0.4, 0.5) is 5.69 Å². The van der Waals surface area contributed by atoms with Crippen molar-refractivity contribution in [1.29, 1.82) is 0 Å². The summed E-state index contributed by atoms with van der Waals surface area (Å²) in [7, 11) is -2.18. The molecule has 30 heavy (non-hydrogen) atoms. The van der Waals surface area contributed by atoms with Crippen molar-refractivity contribution in [3.8, 4) is 16.5 Å². The van der Waals surface area contributed by atoms with Crippen LogP contribution in [0.1, 0.15) is 5.69 Å². The Kier molecular flexibility index (Phi) is 5.80. The van der Waals surface area contributed by atoms with Crippen LogP contribution in [0.2, 0.25) is 5.02 Å². The van der Waals surface area contributed by atoms with E-state index in [0.717, 1.165) is 4.88 Å². The van der Waals surface area contributed by atoms with Crippen molar-refractivity contribution >= 4 is 38.6 Å². The van der Waals surface area contributed by atoms with Gasteiger partial charge in [0.15, 0.2) is 0 Å². The molecule has 0 radical (unpaired) electrons. The summed E-state index contributed by atoms with van der Waals surface area (Å²) in [4.78, 5) is 5.53. The summed E-state index contributed by atoms with van der Waals surface area (Å²) >= 11 is 7.40. The van der Waals surface area contributed by atoms with Crippen LogP contribution in [-0.4, -0.2) is 20.4 Å². The predicted molar refractivity (Wildman–Crippen MR) is 118 cm³/mol. The van der Waals surface area contributed by atoms with E-state index >= 15 is 0 Å². The summed E-state index contributed by atoms with van der Waals surface area (Å²) in [6, 6.07) is 16.7. The molecule has 0 saturated heterocycles. The zero-order chi connectivity index (χ0) is 21.1. The second-order valence-corrected chi connectivity index (χ2v) is 9.68. The Bertz CT molecular complexity index is 1220.